The Kier molecular flexibility index (Phi) is 3.02. The van der Waals surface area contributed by atoms with Gasteiger partial charge >= 0.3 is 5.97 Å². The van der Waals surface area contributed by atoms with Gasteiger partial charge in [-0.15, -0.1) is 0 Å². The number of nitrogens with one attached hydrogen (secondary N) is 1. The number of pyridine rings is 1. The summed E-state index contributed by atoms with van der Waals surface area (Å²) in [6.45, 7) is 2.00. The number of imidazole rings is 1. The Bertz CT molecular complexity index is 806. The smallest absolute Gasteiger partial charge is 0.337 e. The molecular formula is C14H10BrN3O2. The van der Waals surface area contributed by atoms with Gasteiger partial charge in [0.25, 0.3) is 0 Å². The number of carboxylic acid groups (broad SMARTS) is 1. The molecule has 0 radical (unpaired) electrons. The van der Waals surface area contributed by atoms with Crippen LogP contribution in [0, 0.1) is 6.92 Å². The first-order valence-corrected chi connectivity index (χ1v) is 6.69. The normalized spacial score (nSPS) is 10.9. The lowest BCUT2D eigenvalue weighted by Gasteiger charge is -2.00. The molecule has 3 aromatic rings. The number of carboxylic acids is 1. The van der Waals surface area contributed by atoms with Crippen LogP contribution in [0.4, 0.5) is 0 Å². The van der Waals surface area contributed by atoms with Gasteiger partial charge in [-0.25, -0.2) is 14.8 Å². The second-order valence-corrected chi connectivity index (χ2v) is 5.42. The predicted molar refractivity (Wildman–Crippen MR) is 78.7 cm³/mol. The van der Waals surface area contributed by atoms with Crippen LogP contribution in [0.25, 0.3) is 22.6 Å². The number of aromatic nitrogens is 3. The van der Waals surface area contributed by atoms with Crippen LogP contribution in [0.2, 0.25) is 0 Å². The van der Waals surface area contributed by atoms with Gasteiger partial charge in [0, 0.05) is 16.2 Å². The Labute approximate surface area is 122 Å². The molecule has 1 aromatic carbocycles. The molecule has 2 N–H and O–H groups in total. The maximum atomic E-state index is 10.9. The molecule has 100 valence electrons. The zero-order chi connectivity index (χ0) is 14.3. The fraction of sp³-hybridized carbons (Fsp3) is 0.0714. The minimum atomic E-state index is -1.01. The van der Waals surface area contributed by atoms with E-state index in [1.807, 2.05) is 25.1 Å². The lowest BCUT2D eigenvalue weighted by atomic mass is 10.1. The van der Waals surface area contributed by atoms with Crippen molar-refractivity contribution in [1.29, 1.82) is 0 Å². The van der Waals surface area contributed by atoms with Gasteiger partial charge in [0.05, 0.1) is 11.1 Å². The molecule has 0 fully saturated rings. The number of hydrogen-bond donors (Lipinski definition) is 2. The molecule has 0 bridgehead atoms. The highest BCUT2D eigenvalue weighted by Gasteiger charge is 2.10. The van der Waals surface area contributed by atoms with Crippen molar-refractivity contribution in [2.75, 3.05) is 0 Å². The summed E-state index contributed by atoms with van der Waals surface area (Å²) < 4.78 is 0.965. The number of aromatic amines is 1. The van der Waals surface area contributed by atoms with Crippen molar-refractivity contribution >= 4 is 33.1 Å². The molecule has 0 amide bonds. The molecular weight excluding hydrogens is 322 g/mol. The number of aryl methyl sites for hydroxylation is 1. The second kappa shape index (κ2) is 4.72. The van der Waals surface area contributed by atoms with Gasteiger partial charge in [-0.2, -0.15) is 0 Å². The van der Waals surface area contributed by atoms with E-state index in [-0.39, 0.29) is 5.56 Å². The number of carbonyl (C=O) groups is 1. The Morgan fingerprint density at radius 1 is 1.30 bits per heavy atom. The minimum Gasteiger partial charge on any atom is -0.478 e. The van der Waals surface area contributed by atoms with E-state index in [2.05, 4.69) is 30.9 Å². The quantitative estimate of drug-likeness (QED) is 0.754. The van der Waals surface area contributed by atoms with Crippen molar-refractivity contribution in [2.24, 2.45) is 0 Å². The van der Waals surface area contributed by atoms with Gasteiger partial charge in [0.15, 0.2) is 5.65 Å². The third-order valence-corrected chi connectivity index (χ3v) is 3.36. The summed E-state index contributed by atoms with van der Waals surface area (Å²) in [7, 11) is 0. The van der Waals surface area contributed by atoms with E-state index < -0.39 is 5.97 Å². The SMILES string of the molecule is Cc1cc(Br)cc(-c2nc3ncc(C(=O)O)cc3[nH]2)c1. The number of benzene rings is 1. The zero-order valence-corrected chi connectivity index (χ0v) is 12.1. The van der Waals surface area contributed by atoms with Crippen LogP contribution in [0.3, 0.4) is 0 Å². The van der Waals surface area contributed by atoms with Crippen molar-refractivity contribution < 1.29 is 9.90 Å². The van der Waals surface area contributed by atoms with Gasteiger partial charge in [-0.3, -0.25) is 0 Å². The Morgan fingerprint density at radius 3 is 2.80 bits per heavy atom. The fourth-order valence-corrected chi connectivity index (χ4v) is 2.63. The van der Waals surface area contributed by atoms with E-state index in [9.17, 15) is 4.79 Å². The van der Waals surface area contributed by atoms with Crippen LogP contribution < -0.4 is 0 Å². The maximum Gasteiger partial charge on any atom is 0.337 e. The van der Waals surface area contributed by atoms with E-state index in [0.29, 0.717) is 17.0 Å². The second-order valence-electron chi connectivity index (χ2n) is 4.50. The maximum absolute atomic E-state index is 10.9. The number of fused-ring (bicyclic) bond motifs is 1. The first kappa shape index (κ1) is 12.8. The molecule has 0 unspecified atom stereocenters. The number of aromatic carboxylic acids is 1. The number of rotatable bonds is 2. The number of hydrogen-bond acceptors (Lipinski definition) is 3. The summed E-state index contributed by atoms with van der Waals surface area (Å²) in [4.78, 5) is 22.5. The summed E-state index contributed by atoms with van der Waals surface area (Å²) in [6.07, 6.45) is 1.31. The van der Waals surface area contributed by atoms with Gasteiger partial charge in [0.2, 0.25) is 0 Å². The summed E-state index contributed by atoms with van der Waals surface area (Å²) in [5.74, 6) is -0.340. The van der Waals surface area contributed by atoms with Crippen molar-refractivity contribution in [3.05, 3.63) is 46.1 Å². The lowest BCUT2D eigenvalue weighted by Crippen LogP contribution is -1.96. The first-order valence-electron chi connectivity index (χ1n) is 5.89. The Hall–Kier alpha value is -2.21. The van der Waals surface area contributed by atoms with Gasteiger partial charge in [-0.1, -0.05) is 15.9 Å². The van der Waals surface area contributed by atoms with E-state index >= 15 is 0 Å². The third kappa shape index (κ3) is 2.30. The third-order valence-electron chi connectivity index (χ3n) is 2.90. The largest absolute Gasteiger partial charge is 0.478 e. The standard InChI is InChI=1S/C14H10BrN3O2/c1-7-2-8(4-10(15)3-7)12-17-11-5-9(14(19)20)6-16-13(11)18-12/h2-6H,1H3,(H,19,20)(H,16,17,18). The van der Waals surface area contributed by atoms with Crippen LogP contribution in [0.5, 0.6) is 0 Å². The fourth-order valence-electron chi connectivity index (χ4n) is 2.03. The highest BCUT2D eigenvalue weighted by atomic mass is 79.9. The highest BCUT2D eigenvalue weighted by Crippen LogP contribution is 2.24. The van der Waals surface area contributed by atoms with Crippen LogP contribution in [-0.2, 0) is 0 Å². The van der Waals surface area contributed by atoms with Gasteiger partial charge in [-0.05, 0) is 36.8 Å². The molecule has 0 aliphatic carbocycles. The van der Waals surface area contributed by atoms with Crippen molar-refractivity contribution in [2.45, 2.75) is 6.92 Å². The molecule has 20 heavy (non-hydrogen) atoms. The summed E-state index contributed by atoms with van der Waals surface area (Å²) in [5, 5.41) is 8.96. The molecule has 6 heteroatoms. The molecule has 0 aliphatic heterocycles. The van der Waals surface area contributed by atoms with E-state index in [0.717, 1.165) is 15.6 Å². The van der Waals surface area contributed by atoms with E-state index in [1.54, 1.807) is 0 Å². The van der Waals surface area contributed by atoms with Crippen molar-refractivity contribution in [1.82, 2.24) is 15.0 Å². The molecule has 0 saturated carbocycles. The van der Waals surface area contributed by atoms with Crippen LogP contribution >= 0.6 is 15.9 Å². The molecule has 0 saturated heterocycles. The summed E-state index contributed by atoms with van der Waals surface area (Å²) in [5.41, 5.74) is 3.28. The first-order chi connectivity index (χ1) is 9.52. The van der Waals surface area contributed by atoms with Gasteiger partial charge < -0.3 is 10.1 Å². The number of nitrogens with zero attached hydrogens (tertiary/aromatic N) is 2. The monoisotopic (exact) mass is 331 g/mol. The van der Waals surface area contributed by atoms with E-state index in [4.69, 9.17) is 5.11 Å². The average molecular weight is 332 g/mol. The zero-order valence-electron chi connectivity index (χ0n) is 10.5. The van der Waals surface area contributed by atoms with Crippen LogP contribution in [0.15, 0.2) is 34.9 Å². The molecule has 0 aliphatic rings. The molecule has 0 atom stereocenters. The number of H-pyrrole nitrogens is 1. The minimum absolute atomic E-state index is 0.137. The van der Waals surface area contributed by atoms with Crippen LogP contribution in [-0.4, -0.2) is 26.0 Å². The molecule has 2 heterocycles. The Balaban J connectivity index is 2.15. The molecule has 0 spiro atoms. The molecule has 3 rings (SSSR count). The highest BCUT2D eigenvalue weighted by molar-refractivity contribution is 9.10. The molecule has 2 aromatic heterocycles. The topological polar surface area (TPSA) is 78.9 Å². The average Bonchev–Trinajstić information content (AvgIpc) is 2.80. The van der Waals surface area contributed by atoms with Crippen molar-refractivity contribution in [3.63, 3.8) is 0 Å². The lowest BCUT2D eigenvalue weighted by molar-refractivity contribution is 0.0696. The van der Waals surface area contributed by atoms with Crippen molar-refractivity contribution in [3.8, 4) is 11.4 Å². The molecule has 5 nitrogen and oxygen atoms in total. The number of halogens is 1. The van der Waals surface area contributed by atoms with Gasteiger partial charge in [0.1, 0.15) is 5.82 Å². The van der Waals surface area contributed by atoms with E-state index in [1.165, 1.54) is 12.3 Å². The predicted octanol–water partition coefficient (Wildman–Crippen LogP) is 3.39. The summed E-state index contributed by atoms with van der Waals surface area (Å²) in [6, 6.07) is 7.49. The van der Waals surface area contributed by atoms with Crippen LogP contribution in [0.1, 0.15) is 15.9 Å². The Morgan fingerprint density at radius 2 is 2.10 bits per heavy atom. The summed E-state index contributed by atoms with van der Waals surface area (Å²) >= 11 is 3.45.